The second-order valence-corrected chi connectivity index (χ2v) is 5.26. The number of allylic oxidation sites excluding steroid dienone is 3. The van der Waals surface area contributed by atoms with E-state index >= 15 is 0 Å². The molecule has 0 radical (unpaired) electrons. The molecule has 0 saturated heterocycles. The number of rotatable bonds is 6. The van der Waals surface area contributed by atoms with Crippen LogP contribution in [0, 0.1) is 0 Å². The van der Waals surface area contributed by atoms with Crippen molar-refractivity contribution in [3.63, 3.8) is 0 Å². The highest BCUT2D eigenvalue weighted by Crippen LogP contribution is 2.28. The summed E-state index contributed by atoms with van der Waals surface area (Å²) in [6.45, 7) is 9.58. The summed E-state index contributed by atoms with van der Waals surface area (Å²) in [6, 6.07) is 5.75. The molecule has 122 valence electrons. The Morgan fingerprint density at radius 2 is 2.00 bits per heavy atom. The van der Waals surface area contributed by atoms with Crippen molar-refractivity contribution in [1.29, 1.82) is 0 Å². The van der Waals surface area contributed by atoms with Gasteiger partial charge in [0.25, 0.3) is 0 Å². The lowest BCUT2D eigenvalue weighted by Crippen LogP contribution is -2.08. The quantitative estimate of drug-likeness (QED) is 0.453. The van der Waals surface area contributed by atoms with Gasteiger partial charge in [0, 0.05) is 13.3 Å². The van der Waals surface area contributed by atoms with Gasteiger partial charge in [-0.2, -0.15) is 0 Å². The molecule has 4 nitrogen and oxygen atoms in total. The van der Waals surface area contributed by atoms with Gasteiger partial charge in [-0.15, -0.1) is 0 Å². The van der Waals surface area contributed by atoms with E-state index in [1.54, 1.807) is 20.2 Å². The van der Waals surface area contributed by atoms with Crippen LogP contribution in [0.15, 0.2) is 58.3 Å². The molecule has 0 aromatic heterocycles. The zero-order valence-corrected chi connectivity index (χ0v) is 14.8. The number of benzene rings is 1. The van der Waals surface area contributed by atoms with E-state index in [9.17, 15) is 0 Å². The average molecular weight is 331 g/mol. The molecule has 0 saturated carbocycles. The van der Waals surface area contributed by atoms with Crippen LogP contribution in [0.5, 0.6) is 0 Å². The lowest BCUT2D eigenvalue weighted by molar-refractivity contribution is 1.26. The predicted molar refractivity (Wildman–Crippen MR) is 103 cm³/mol. The van der Waals surface area contributed by atoms with E-state index in [4.69, 9.17) is 17.3 Å². The Kier molecular flexibility index (Phi) is 7.29. The fourth-order valence-corrected chi connectivity index (χ4v) is 2.14. The highest BCUT2D eigenvalue weighted by molar-refractivity contribution is 6.33. The third-order valence-corrected chi connectivity index (χ3v) is 3.37. The summed E-state index contributed by atoms with van der Waals surface area (Å²) in [5.41, 5.74) is 9.72. The van der Waals surface area contributed by atoms with Gasteiger partial charge in [-0.25, -0.2) is 4.99 Å². The van der Waals surface area contributed by atoms with Crippen LogP contribution in [-0.2, 0) is 0 Å². The molecular formula is C18H23ClN4. The van der Waals surface area contributed by atoms with Crippen LogP contribution in [0.25, 0.3) is 5.57 Å². The molecule has 1 aromatic carbocycles. The fourth-order valence-electron chi connectivity index (χ4n) is 1.98. The van der Waals surface area contributed by atoms with Gasteiger partial charge in [0.05, 0.1) is 27.9 Å². The molecule has 0 spiro atoms. The molecule has 1 rings (SSSR count). The first-order valence-electron chi connectivity index (χ1n) is 7.24. The molecule has 0 unspecified atom stereocenters. The molecule has 0 amide bonds. The van der Waals surface area contributed by atoms with Crippen LogP contribution in [0.2, 0.25) is 5.02 Å². The first-order chi connectivity index (χ1) is 10.9. The smallest absolute Gasteiger partial charge is 0.0965 e. The minimum Gasteiger partial charge on any atom is -0.387 e. The molecule has 0 heterocycles. The predicted octanol–water partition coefficient (Wildman–Crippen LogP) is 4.65. The van der Waals surface area contributed by atoms with Crippen molar-refractivity contribution in [2.75, 3.05) is 12.4 Å². The van der Waals surface area contributed by atoms with Gasteiger partial charge in [0.1, 0.15) is 0 Å². The van der Waals surface area contributed by atoms with E-state index in [0.29, 0.717) is 22.3 Å². The number of aliphatic imine (C=N–C) groups is 2. The van der Waals surface area contributed by atoms with Gasteiger partial charge in [-0.3, -0.25) is 4.99 Å². The summed E-state index contributed by atoms with van der Waals surface area (Å²) in [5, 5.41) is 3.80. The number of nitrogens with one attached hydrogen (secondary N) is 1. The summed E-state index contributed by atoms with van der Waals surface area (Å²) in [5.74, 6) is 0.469. The van der Waals surface area contributed by atoms with E-state index in [-0.39, 0.29) is 0 Å². The normalized spacial score (nSPS) is 13.5. The molecule has 0 aliphatic heterocycles. The van der Waals surface area contributed by atoms with Crippen molar-refractivity contribution < 1.29 is 0 Å². The summed E-state index contributed by atoms with van der Waals surface area (Å²) in [4.78, 5) is 8.31. The molecular weight excluding hydrogens is 308 g/mol. The molecule has 0 atom stereocenters. The Morgan fingerprint density at radius 3 is 2.52 bits per heavy atom. The highest BCUT2D eigenvalue weighted by atomic mass is 35.5. The second kappa shape index (κ2) is 8.96. The maximum atomic E-state index is 6.28. The average Bonchev–Trinajstić information content (AvgIpc) is 2.52. The molecule has 1 aromatic rings. The van der Waals surface area contributed by atoms with Crippen molar-refractivity contribution in [3.05, 3.63) is 58.9 Å². The second-order valence-electron chi connectivity index (χ2n) is 4.86. The maximum Gasteiger partial charge on any atom is 0.0965 e. The van der Waals surface area contributed by atoms with Crippen LogP contribution in [-0.4, -0.2) is 19.1 Å². The topological polar surface area (TPSA) is 62.8 Å². The van der Waals surface area contributed by atoms with Gasteiger partial charge in [0.15, 0.2) is 0 Å². The lowest BCUT2D eigenvalue weighted by Gasteiger charge is -2.13. The van der Waals surface area contributed by atoms with Crippen molar-refractivity contribution in [2.24, 2.45) is 15.7 Å². The summed E-state index contributed by atoms with van der Waals surface area (Å²) >= 11 is 6.28. The number of nitrogens with zero attached hydrogens (tertiary/aromatic N) is 2. The monoisotopic (exact) mass is 330 g/mol. The summed E-state index contributed by atoms with van der Waals surface area (Å²) < 4.78 is 0. The number of anilines is 1. The largest absolute Gasteiger partial charge is 0.387 e. The number of amidine groups is 1. The molecule has 3 N–H and O–H groups in total. The van der Waals surface area contributed by atoms with Crippen LogP contribution in [0.1, 0.15) is 26.3 Å². The molecule has 23 heavy (non-hydrogen) atoms. The third-order valence-electron chi connectivity index (χ3n) is 3.04. The Morgan fingerprint density at radius 1 is 1.30 bits per heavy atom. The third kappa shape index (κ3) is 5.42. The zero-order chi connectivity index (χ0) is 17.4. The molecule has 0 fully saturated rings. The van der Waals surface area contributed by atoms with Crippen LogP contribution in [0.4, 0.5) is 5.69 Å². The molecule has 5 heteroatoms. The van der Waals surface area contributed by atoms with E-state index < -0.39 is 0 Å². The number of hydrogen-bond acceptors (Lipinski definition) is 3. The first kappa shape index (κ1) is 18.7. The van der Waals surface area contributed by atoms with Crippen LogP contribution in [0.3, 0.4) is 0 Å². The number of nitrogens with two attached hydrogens (primary N) is 1. The number of hydrogen-bond donors (Lipinski definition) is 2. The SMILES string of the molecule is C=C(Nc1cc(C(/C=N\C)=C/C)ccc1Cl)C(=C/C)/N=C(\C)N. The molecule has 0 aliphatic rings. The van der Waals surface area contributed by atoms with Crippen molar-refractivity contribution in [1.82, 2.24) is 0 Å². The maximum absolute atomic E-state index is 6.28. The Labute approximate surface area is 143 Å². The van der Waals surface area contributed by atoms with Crippen LogP contribution >= 0.6 is 11.6 Å². The summed E-state index contributed by atoms with van der Waals surface area (Å²) in [6.07, 6.45) is 5.64. The van der Waals surface area contributed by atoms with Gasteiger partial charge >= 0.3 is 0 Å². The van der Waals surface area contributed by atoms with E-state index in [1.807, 2.05) is 44.2 Å². The lowest BCUT2D eigenvalue weighted by atomic mass is 10.1. The van der Waals surface area contributed by atoms with Crippen molar-refractivity contribution >= 4 is 34.9 Å². The van der Waals surface area contributed by atoms with Gasteiger partial charge in [0.2, 0.25) is 0 Å². The van der Waals surface area contributed by atoms with Crippen LogP contribution < -0.4 is 11.1 Å². The van der Waals surface area contributed by atoms with Crippen molar-refractivity contribution in [2.45, 2.75) is 20.8 Å². The Hall–Kier alpha value is -2.33. The van der Waals surface area contributed by atoms with Gasteiger partial charge in [-0.1, -0.05) is 36.4 Å². The highest BCUT2D eigenvalue weighted by Gasteiger charge is 2.08. The fraction of sp³-hybridized carbons (Fsp3) is 0.222. The van der Waals surface area contributed by atoms with Gasteiger partial charge < -0.3 is 11.1 Å². The standard InChI is InChI=1S/C18H23ClN4/c1-6-14(11-21-5)15-8-9-16(19)18(10-15)22-12(3)17(7-2)23-13(4)20/h6-11,22H,3H2,1-2,4-5H3,(H2,20,23)/b14-6+,17-7-,21-11-. The molecule has 0 aliphatic carbocycles. The van der Waals surface area contributed by atoms with E-state index in [0.717, 1.165) is 16.8 Å². The minimum absolute atomic E-state index is 0.469. The Balaban J connectivity index is 3.14. The van der Waals surface area contributed by atoms with E-state index in [1.165, 1.54) is 0 Å². The minimum atomic E-state index is 0.469. The molecule has 0 bridgehead atoms. The zero-order valence-electron chi connectivity index (χ0n) is 14.0. The number of halogens is 1. The van der Waals surface area contributed by atoms with Crippen molar-refractivity contribution in [3.8, 4) is 0 Å². The summed E-state index contributed by atoms with van der Waals surface area (Å²) in [7, 11) is 1.74. The Bertz CT molecular complexity index is 693. The first-order valence-corrected chi connectivity index (χ1v) is 7.62. The van der Waals surface area contributed by atoms with Gasteiger partial charge in [-0.05, 0) is 44.0 Å². The van der Waals surface area contributed by atoms with E-state index in [2.05, 4.69) is 21.9 Å².